The van der Waals surface area contributed by atoms with Crippen molar-refractivity contribution >= 4 is 15.8 Å². The van der Waals surface area contributed by atoms with Crippen LogP contribution in [-0.4, -0.2) is 20.5 Å². The number of hydrogen-bond donors (Lipinski definition) is 2. The molecule has 0 bridgehead atoms. The molecule has 7 nitrogen and oxygen atoms in total. The summed E-state index contributed by atoms with van der Waals surface area (Å²) in [6.07, 6.45) is 0. The molecule has 0 radical (unpaired) electrons. The van der Waals surface area contributed by atoms with E-state index in [4.69, 9.17) is 9.88 Å². The van der Waals surface area contributed by atoms with E-state index in [1.807, 2.05) is 24.3 Å². The number of primary sulfonamides is 1. The van der Waals surface area contributed by atoms with Gasteiger partial charge in [0.1, 0.15) is 17.6 Å². The van der Waals surface area contributed by atoms with Gasteiger partial charge in [0.05, 0.1) is 23.3 Å². The first-order valence-electron chi connectivity index (χ1n) is 8.32. The third kappa shape index (κ3) is 4.46. The molecule has 8 heteroatoms. The van der Waals surface area contributed by atoms with Crippen LogP contribution in [0, 0.1) is 11.3 Å². The molecule has 1 aromatic heterocycles. The van der Waals surface area contributed by atoms with Crippen molar-refractivity contribution in [3.05, 3.63) is 71.8 Å². The van der Waals surface area contributed by atoms with Crippen molar-refractivity contribution in [2.75, 3.05) is 12.4 Å². The normalized spacial score (nSPS) is 10.9. The van der Waals surface area contributed by atoms with E-state index in [-0.39, 0.29) is 4.90 Å². The fraction of sp³-hybridized carbons (Fsp3) is 0.100. The van der Waals surface area contributed by atoms with Crippen LogP contribution in [0.4, 0.5) is 5.82 Å². The summed E-state index contributed by atoms with van der Waals surface area (Å²) in [5.74, 6) is 1.20. The third-order valence-corrected chi connectivity index (χ3v) is 5.04. The Morgan fingerprint density at radius 3 is 2.32 bits per heavy atom. The quantitative estimate of drug-likeness (QED) is 0.664. The lowest BCUT2D eigenvalue weighted by Crippen LogP contribution is -2.12. The van der Waals surface area contributed by atoms with Crippen molar-refractivity contribution in [3.63, 3.8) is 0 Å². The lowest BCUT2D eigenvalue weighted by molar-refractivity contribution is 0.415. The molecule has 3 N–H and O–H groups in total. The van der Waals surface area contributed by atoms with Gasteiger partial charge < -0.3 is 10.1 Å². The number of anilines is 1. The summed E-state index contributed by atoms with van der Waals surface area (Å²) in [5, 5.41) is 17.6. The fourth-order valence-electron chi connectivity index (χ4n) is 2.59. The van der Waals surface area contributed by atoms with Crippen LogP contribution in [0.15, 0.2) is 65.6 Å². The van der Waals surface area contributed by atoms with Crippen molar-refractivity contribution in [2.45, 2.75) is 11.4 Å². The second-order valence-corrected chi connectivity index (χ2v) is 7.54. The lowest BCUT2D eigenvalue weighted by atomic mass is 10.1. The first-order chi connectivity index (χ1) is 13.4. The molecule has 0 unspecified atom stereocenters. The number of aromatic nitrogens is 1. The highest BCUT2D eigenvalue weighted by molar-refractivity contribution is 7.89. The fourth-order valence-corrected chi connectivity index (χ4v) is 3.10. The lowest BCUT2D eigenvalue weighted by Gasteiger charge is -2.10. The zero-order valence-corrected chi connectivity index (χ0v) is 15.9. The Morgan fingerprint density at radius 1 is 1.07 bits per heavy atom. The molecule has 2 aromatic carbocycles. The Balaban J connectivity index is 1.81. The van der Waals surface area contributed by atoms with Gasteiger partial charge in [-0.25, -0.2) is 18.5 Å². The van der Waals surface area contributed by atoms with Crippen LogP contribution in [0.5, 0.6) is 5.75 Å². The molecule has 0 saturated carbocycles. The molecule has 142 valence electrons. The van der Waals surface area contributed by atoms with E-state index in [0.717, 1.165) is 16.9 Å². The van der Waals surface area contributed by atoms with Gasteiger partial charge in [0, 0.05) is 12.1 Å². The van der Waals surface area contributed by atoms with E-state index < -0.39 is 10.0 Å². The largest absolute Gasteiger partial charge is 0.497 e. The maximum atomic E-state index is 11.3. The number of pyridine rings is 1. The summed E-state index contributed by atoms with van der Waals surface area (Å²) in [7, 11) is -2.12. The zero-order chi connectivity index (χ0) is 20.1. The number of nitrogens with one attached hydrogen (secondary N) is 1. The van der Waals surface area contributed by atoms with Crippen molar-refractivity contribution < 1.29 is 13.2 Å². The van der Waals surface area contributed by atoms with Gasteiger partial charge in [-0.05, 0) is 54.1 Å². The van der Waals surface area contributed by atoms with Gasteiger partial charge in [-0.2, -0.15) is 5.26 Å². The summed E-state index contributed by atoms with van der Waals surface area (Å²) in [4.78, 5) is 4.60. The van der Waals surface area contributed by atoms with Gasteiger partial charge in [-0.3, -0.25) is 0 Å². The SMILES string of the molecule is COc1ccc(-c2ccc(C#N)c(NCc3ccc(S(N)(=O)=O)cc3)n2)cc1. The van der Waals surface area contributed by atoms with Crippen LogP contribution in [0.3, 0.4) is 0 Å². The average molecular weight is 394 g/mol. The topological polar surface area (TPSA) is 118 Å². The molecule has 1 heterocycles. The van der Waals surface area contributed by atoms with E-state index in [1.54, 1.807) is 31.4 Å². The van der Waals surface area contributed by atoms with E-state index in [2.05, 4.69) is 16.4 Å². The second kappa shape index (κ2) is 8.08. The predicted octanol–water partition coefficient (Wildman–Crippen LogP) is 2.89. The molecular formula is C20H18N4O3S. The highest BCUT2D eigenvalue weighted by Crippen LogP contribution is 2.24. The minimum Gasteiger partial charge on any atom is -0.497 e. The van der Waals surface area contributed by atoms with Crippen molar-refractivity contribution in [1.29, 1.82) is 5.26 Å². The molecule has 0 fully saturated rings. The number of rotatable bonds is 6. The minimum atomic E-state index is -3.72. The summed E-state index contributed by atoms with van der Waals surface area (Å²) < 4.78 is 27.8. The molecule has 3 aromatic rings. The van der Waals surface area contributed by atoms with Crippen LogP contribution < -0.4 is 15.2 Å². The summed E-state index contributed by atoms with van der Waals surface area (Å²) in [5.41, 5.74) is 2.85. The number of hydrogen-bond acceptors (Lipinski definition) is 6. The summed E-state index contributed by atoms with van der Waals surface area (Å²) in [6.45, 7) is 0.374. The third-order valence-electron chi connectivity index (χ3n) is 4.11. The van der Waals surface area contributed by atoms with E-state index >= 15 is 0 Å². The Kier molecular flexibility index (Phi) is 5.59. The van der Waals surface area contributed by atoms with Crippen LogP contribution >= 0.6 is 0 Å². The van der Waals surface area contributed by atoms with Gasteiger partial charge in [0.25, 0.3) is 0 Å². The number of sulfonamides is 1. The maximum Gasteiger partial charge on any atom is 0.238 e. The van der Waals surface area contributed by atoms with Crippen molar-refractivity contribution in [1.82, 2.24) is 4.98 Å². The second-order valence-electron chi connectivity index (χ2n) is 5.98. The van der Waals surface area contributed by atoms with Crippen LogP contribution in [0.2, 0.25) is 0 Å². The first-order valence-corrected chi connectivity index (χ1v) is 9.86. The van der Waals surface area contributed by atoms with Gasteiger partial charge >= 0.3 is 0 Å². The highest BCUT2D eigenvalue weighted by Gasteiger charge is 2.09. The molecule has 0 atom stereocenters. The molecule has 3 rings (SSSR count). The van der Waals surface area contributed by atoms with Gasteiger partial charge in [-0.1, -0.05) is 12.1 Å². The number of nitriles is 1. The molecular weight excluding hydrogens is 376 g/mol. The monoisotopic (exact) mass is 394 g/mol. The minimum absolute atomic E-state index is 0.0496. The Bertz CT molecular complexity index is 1120. The first kappa shape index (κ1) is 19.4. The number of nitrogens with two attached hydrogens (primary N) is 1. The summed E-state index contributed by atoms with van der Waals surface area (Å²) in [6, 6.07) is 19.3. The average Bonchev–Trinajstić information content (AvgIpc) is 2.71. The van der Waals surface area contributed by atoms with Gasteiger partial charge in [0.2, 0.25) is 10.0 Å². The molecule has 28 heavy (non-hydrogen) atoms. The van der Waals surface area contributed by atoms with Crippen LogP contribution in [0.1, 0.15) is 11.1 Å². The molecule has 0 aliphatic carbocycles. The van der Waals surface area contributed by atoms with Gasteiger partial charge in [-0.15, -0.1) is 0 Å². The molecule has 0 spiro atoms. The van der Waals surface area contributed by atoms with Crippen LogP contribution in [0.25, 0.3) is 11.3 Å². The number of nitrogens with zero attached hydrogens (tertiary/aromatic N) is 2. The molecule has 0 aliphatic rings. The highest BCUT2D eigenvalue weighted by atomic mass is 32.2. The smallest absolute Gasteiger partial charge is 0.238 e. The van der Waals surface area contributed by atoms with Crippen molar-refractivity contribution in [3.8, 4) is 23.1 Å². The zero-order valence-electron chi connectivity index (χ0n) is 15.1. The van der Waals surface area contributed by atoms with Gasteiger partial charge in [0.15, 0.2) is 0 Å². The Labute approximate surface area is 163 Å². The number of ether oxygens (including phenoxy) is 1. The van der Waals surface area contributed by atoms with E-state index in [1.165, 1.54) is 12.1 Å². The summed E-state index contributed by atoms with van der Waals surface area (Å²) >= 11 is 0. The van der Waals surface area contributed by atoms with Crippen LogP contribution in [-0.2, 0) is 16.6 Å². The number of benzene rings is 2. The van der Waals surface area contributed by atoms with E-state index in [0.29, 0.717) is 23.6 Å². The standard InChI is InChI=1S/C20H18N4O3S/c1-27-17-7-4-15(5-8-17)19-11-6-16(12-21)20(24-19)23-13-14-2-9-18(10-3-14)28(22,25)26/h2-11H,13H2,1H3,(H,23,24)(H2,22,25,26). The molecule has 0 amide bonds. The predicted molar refractivity (Wildman–Crippen MR) is 106 cm³/mol. The Hall–Kier alpha value is -3.41. The number of methoxy groups -OCH3 is 1. The molecule has 0 aliphatic heterocycles. The maximum absolute atomic E-state index is 11.3. The van der Waals surface area contributed by atoms with E-state index in [9.17, 15) is 13.7 Å². The molecule has 0 saturated heterocycles. The van der Waals surface area contributed by atoms with Crippen molar-refractivity contribution in [2.24, 2.45) is 5.14 Å². The Morgan fingerprint density at radius 2 is 1.75 bits per heavy atom.